The molecule has 0 fully saturated rings. The van der Waals surface area contributed by atoms with Crippen LogP contribution in [0.3, 0.4) is 0 Å². The summed E-state index contributed by atoms with van der Waals surface area (Å²) < 4.78 is 4.81. The van der Waals surface area contributed by atoms with E-state index in [0.717, 1.165) is 12.0 Å². The summed E-state index contributed by atoms with van der Waals surface area (Å²) in [4.78, 5) is 14.9. The van der Waals surface area contributed by atoms with Crippen molar-refractivity contribution in [3.8, 4) is 11.8 Å². The lowest BCUT2D eigenvalue weighted by Crippen LogP contribution is -2.02. The molecule has 0 aromatic carbocycles. The summed E-state index contributed by atoms with van der Waals surface area (Å²) in [5.41, 5.74) is 0.950. The van der Waals surface area contributed by atoms with Crippen LogP contribution in [0, 0.1) is 11.8 Å². The Morgan fingerprint density at radius 1 is 1.44 bits per heavy atom. The van der Waals surface area contributed by atoms with E-state index in [1.54, 1.807) is 19.3 Å². The molecule has 0 unspecified atom stereocenters. The highest BCUT2D eigenvalue weighted by molar-refractivity contribution is 5.69. The fourth-order valence-corrected chi connectivity index (χ4v) is 1.15. The van der Waals surface area contributed by atoms with Gasteiger partial charge in [0.2, 0.25) is 0 Å². The normalized spacial score (nSPS) is 9.06. The Hall–Kier alpha value is -1.82. The van der Waals surface area contributed by atoms with Crippen molar-refractivity contribution in [3.63, 3.8) is 0 Å². The molecule has 3 nitrogen and oxygen atoms in total. The lowest BCUT2D eigenvalue weighted by molar-refractivity contribution is -0.143. The van der Waals surface area contributed by atoms with Crippen molar-refractivity contribution >= 4 is 5.97 Å². The predicted molar refractivity (Wildman–Crippen MR) is 61.6 cm³/mol. The van der Waals surface area contributed by atoms with E-state index in [2.05, 4.69) is 16.8 Å². The molecule has 1 rings (SSSR count). The zero-order valence-electron chi connectivity index (χ0n) is 9.40. The zero-order chi connectivity index (χ0) is 11.6. The number of ether oxygens (including phenoxy) is 1. The number of nitrogens with zero attached hydrogens (tertiary/aromatic N) is 1. The second-order valence-electron chi connectivity index (χ2n) is 3.20. The number of rotatable bonds is 4. The number of esters is 1. The minimum absolute atomic E-state index is 0.145. The maximum atomic E-state index is 11.0. The summed E-state index contributed by atoms with van der Waals surface area (Å²) >= 11 is 0. The van der Waals surface area contributed by atoms with Crippen LogP contribution in [0.1, 0.15) is 31.7 Å². The topological polar surface area (TPSA) is 39.2 Å². The van der Waals surface area contributed by atoms with Crippen LogP contribution in [0.4, 0.5) is 0 Å². The molecule has 3 heteroatoms. The highest BCUT2D eigenvalue weighted by atomic mass is 16.5. The number of aromatic nitrogens is 1. The smallest absolute Gasteiger partial charge is 0.305 e. The molecule has 84 valence electrons. The second-order valence-corrected chi connectivity index (χ2v) is 3.20. The summed E-state index contributed by atoms with van der Waals surface area (Å²) in [6.45, 7) is 2.25. The molecule has 0 aliphatic heterocycles. The number of carbonyl (C=O) groups excluding carboxylic acids is 1. The van der Waals surface area contributed by atoms with E-state index < -0.39 is 0 Å². The minimum atomic E-state index is -0.145. The Morgan fingerprint density at radius 3 is 2.88 bits per heavy atom. The van der Waals surface area contributed by atoms with Crippen LogP contribution in [-0.4, -0.2) is 17.6 Å². The largest absolute Gasteiger partial charge is 0.466 e. The molecule has 0 N–H and O–H groups in total. The van der Waals surface area contributed by atoms with Crippen LogP contribution in [0.2, 0.25) is 0 Å². The predicted octanol–water partition coefficient (Wildman–Crippen LogP) is 2.17. The van der Waals surface area contributed by atoms with Gasteiger partial charge in [-0.15, -0.1) is 0 Å². The van der Waals surface area contributed by atoms with Crippen LogP contribution >= 0.6 is 0 Å². The molecular formula is C13H15NO2. The van der Waals surface area contributed by atoms with Crippen LogP contribution < -0.4 is 0 Å². The first kappa shape index (κ1) is 12.3. The van der Waals surface area contributed by atoms with E-state index in [0.29, 0.717) is 19.4 Å². The Labute approximate surface area is 95.8 Å². The van der Waals surface area contributed by atoms with E-state index in [4.69, 9.17) is 4.74 Å². The third-order valence-electron chi connectivity index (χ3n) is 1.90. The number of hydrogen-bond acceptors (Lipinski definition) is 3. The van der Waals surface area contributed by atoms with Crippen LogP contribution in [0.5, 0.6) is 0 Å². The molecule has 0 atom stereocenters. The van der Waals surface area contributed by atoms with Gasteiger partial charge in [-0.1, -0.05) is 11.8 Å². The van der Waals surface area contributed by atoms with Crippen molar-refractivity contribution in [1.82, 2.24) is 4.98 Å². The summed E-state index contributed by atoms with van der Waals surface area (Å²) in [6, 6.07) is 3.72. The minimum Gasteiger partial charge on any atom is -0.466 e. The van der Waals surface area contributed by atoms with Gasteiger partial charge < -0.3 is 4.74 Å². The number of hydrogen-bond donors (Lipinski definition) is 0. The summed E-state index contributed by atoms with van der Waals surface area (Å²) in [5, 5.41) is 0. The summed E-state index contributed by atoms with van der Waals surface area (Å²) in [6.07, 6.45) is 5.32. The van der Waals surface area contributed by atoms with Gasteiger partial charge in [0, 0.05) is 30.8 Å². The van der Waals surface area contributed by atoms with Gasteiger partial charge >= 0.3 is 5.97 Å². The molecule has 0 spiro atoms. The van der Waals surface area contributed by atoms with E-state index >= 15 is 0 Å². The van der Waals surface area contributed by atoms with E-state index in [-0.39, 0.29) is 5.97 Å². The molecule has 1 aromatic heterocycles. The molecular weight excluding hydrogens is 202 g/mol. The Bertz CT molecular complexity index is 376. The first-order chi connectivity index (χ1) is 7.83. The Morgan fingerprint density at radius 2 is 2.19 bits per heavy atom. The third kappa shape index (κ3) is 5.16. The van der Waals surface area contributed by atoms with Crippen molar-refractivity contribution in [2.45, 2.75) is 26.2 Å². The van der Waals surface area contributed by atoms with E-state index in [1.165, 1.54) is 0 Å². The molecule has 0 saturated heterocycles. The number of pyridine rings is 1. The molecule has 0 amide bonds. The van der Waals surface area contributed by atoms with Gasteiger partial charge in [0.15, 0.2) is 0 Å². The average Bonchev–Trinajstić information content (AvgIpc) is 2.30. The standard InChI is InChI=1S/C13H15NO2/c1-2-16-13(15)7-5-3-4-6-12-8-10-14-11-9-12/h8-11H,2-3,5,7H2,1H3. The van der Waals surface area contributed by atoms with Gasteiger partial charge in [0.25, 0.3) is 0 Å². The zero-order valence-corrected chi connectivity index (χ0v) is 9.40. The van der Waals surface area contributed by atoms with Gasteiger partial charge in [-0.25, -0.2) is 0 Å². The SMILES string of the molecule is CCOC(=O)CCCC#Cc1ccncc1. The highest BCUT2D eigenvalue weighted by Crippen LogP contribution is 1.98. The summed E-state index contributed by atoms with van der Waals surface area (Å²) in [7, 11) is 0. The highest BCUT2D eigenvalue weighted by Gasteiger charge is 1.98. The van der Waals surface area contributed by atoms with Crippen molar-refractivity contribution in [2.75, 3.05) is 6.61 Å². The maximum Gasteiger partial charge on any atom is 0.305 e. The van der Waals surface area contributed by atoms with Crippen molar-refractivity contribution in [3.05, 3.63) is 30.1 Å². The maximum absolute atomic E-state index is 11.0. The van der Waals surface area contributed by atoms with Gasteiger partial charge in [0.05, 0.1) is 6.61 Å². The second kappa shape index (κ2) is 7.47. The first-order valence-electron chi connectivity index (χ1n) is 5.37. The number of unbranched alkanes of at least 4 members (excludes halogenated alkanes) is 1. The van der Waals surface area contributed by atoms with Gasteiger partial charge in [-0.05, 0) is 25.5 Å². The first-order valence-corrected chi connectivity index (χ1v) is 5.37. The molecule has 0 bridgehead atoms. The van der Waals surface area contributed by atoms with Gasteiger partial charge in [-0.3, -0.25) is 9.78 Å². The molecule has 16 heavy (non-hydrogen) atoms. The fourth-order valence-electron chi connectivity index (χ4n) is 1.15. The molecule has 1 heterocycles. The average molecular weight is 217 g/mol. The Balaban J connectivity index is 2.21. The molecule has 1 aromatic rings. The molecule has 0 aliphatic carbocycles. The van der Waals surface area contributed by atoms with Crippen molar-refractivity contribution in [1.29, 1.82) is 0 Å². The van der Waals surface area contributed by atoms with Crippen molar-refractivity contribution < 1.29 is 9.53 Å². The third-order valence-corrected chi connectivity index (χ3v) is 1.90. The van der Waals surface area contributed by atoms with E-state index in [1.807, 2.05) is 12.1 Å². The van der Waals surface area contributed by atoms with Crippen LogP contribution in [-0.2, 0) is 9.53 Å². The van der Waals surface area contributed by atoms with E-state index in [9.17, 15) is 4.79 Å². The van der Waals surface area contributed by atoms with Crippen LogP contribution in [0.25, 0.3) is 0 Å². The van der Waals surface area contributed by atoms with Crippen molar-refractivity contribution in [2.24, 2.45) is 0 Å². The lowest BCUT2D eigenvalue weighted by atomic mass is 10.2. The molecule has 0 radical (unpaired) electrons. The van der Waals surface area contributed by atoms with Gasteiger partial charge in [0.1, 0.15) is 0 Å². The van der Waals surface area contributed by atoms with Gasteiger partial charge in [-0.2, -0.15) is 0 Å². The summed E-state index contributed by atoms with van der Waals surface area (Å²) in [5.74, 6) is 5.88. The fraction of sp³-hybridized carbons (Fsp3) is 0.385. The van der Waals surface area contributed by atoms with Crippen LogP contribution in [0.15, 0.2) is 24.5 Å². The lowest BCUT2D eigenvalue weighted by Gasteiger charge is -1.98. The molecule has 0 aliphatic rings. The molecule has 0 saturated carbocycles. The quantitative estimate of drug-likeness (QED) is 0.441. The monoisotopic (exact) mass is 217 g/mol. The Kier molecular flexibility index (Phi) is 5.72. The number of carbonyl (C=O) groups is 1.